The van der Waals surface area contributed by atoms with E-state index >= 15 is 0 Å². The number of fused-ring (bicyclic) bond motifs is 5. The number of nitrogens with zero attached hydrogens (tertiary/aromatic N) is 3. The molecule has 5 rings (SSSR count). The van der Waals surface area contributed by atoms with Crippen molar-refractivity contribution in [3.8, 4) is 11.4 Å². The Hall–Kier alpha value is -3.67. The molecule has 6 heteroatoms. The Morgan fingerprint density at radius 3 is 2.65 bits per heavy atom. The molecule has 6 nitrogen and oxygen atoms in total. The fourth-order valence-electron chi connectivity index (χ4n) is 3.35. The van der Waals surface area contributed by atoms with Crippen LogP contribution in [0.2, 0.25) is 0 Å². The van der Waals surface area contributed by atoms with E-state index in [4.69, 9.17) is 4.74 Å². The Balaban J connectivity index is 1.96. The number of ether oxygens (including phenoxy) is 1. The van der Waals surface area contributed by atoms with Gasteiger partial charge in [0.05, 0.1) is 24.4 Å². The summed E-state index contributed by atoms with van der Waals surface area (Å²) in [5, 5.41) is 7.60. The summed E-state index contributed by atoms with van der Waals surface area (Å²) < 4.78 is 7.14. The van der Waals surface area contributed by atoms with Crippen LogP contribution in [-0.4, -0.2) is 26.9 Å². The van der Waals surface area contributed by atoms with Gasteiger partial charge in [-0.15, -0.1) is 0 Å². The summed E-state index contributed by atoms with van der Waals surface area (Å²) in [5.41, 5.74) is 2.21. The highest BCUT2D eigenvalue weighted by atomic mass is 16.5. The third kappa shape index (κ3) is 2.02. The van der Waals surface area contributed by atoms with Gasteiger partial charge in [0.2, 0.25) is 0 Å². The van der Waals surface area contributed by atoms with Crippen LogP contribution in [0.4, 0.5) is 0 Å². The fraction of sp³-hybridized carbons (Fsp3) is 0.0500. The summed E-state index contributed by atoms with van der Waals surface area (Å²) in [5.74, 6) is 0.728. The van der Waals surface area contributed by atoms with Crippen molar-refractivity contribution < 1.29 is 4.74 Å². The van der Waals surface area contributed by atoms with Crippen molar-refractivity contribution in [2.75, 3.05) is 7.11 Å². The maximum Gasteiger partial charge on any atom is 0.257 e. The van der Waals surface area contributed by atoms with Crippen LogP contribution in [-0.2, 0) is 0 Å². The maximum absolute atomic E-state index is 12.5. The van der Waals surface area contributed by atoms with Crippen molar-refractivity contribution in [1.29, 1.82) is 0 Å². The Kier molecular flexibility index (Phi) is 3.05. The van der Waals surface area contributed by atoms with Gasteiger partial charge in [0.15, 0.2) is 5.65 Å². The minimum Gasteiger partial charge on any atom is -0.497 e. The second-order valence-corrected chi connectivity index (χ2v) is 6.04. The summed E-state index contributed by atoms with van der Waals surface area (Å²) in [6.07, 6.45) is 3.37. The number of methoxy groups -OCH3 is 1. The number of rotatable bonds is 2. The molecule has 26 heavy (non-hydrogen) atoms. The highest BCUT2D eigenvalue weighted by Crippen LogP contribution is 2.31. The summed E-state index contributed by atoms with van der Waals surface area (Å²) in [6, 6.07) is 15.4. The number of pyridine rings is 2. The molecule has 0 fully saturated rings. The first kappa shape index (κ1) is 14.7. The first-order valence-electron chi connectivity index (χ1n) is 8.18. The molecule has 0 saturated heterocycles. The molecule has 0 atom stereocenters. The molecule has 126 valence electrons. The maximum atomic E-state index is 12.5. The molecule has 0 amide bonds. The van der Waals surface area contributed by atoms with E-state index in [1.807, 2.05) is 48.5 Å². The predicted molar refractivity (Wildman–Crippen MR) is 101 cm³/mol. The van der Waals surface area contributed by atoms with Crippen LogP contribution in [0.5, 0.6) is 5.75 Å². The van der Waals surface area contributed by atoms with Crippen LogP contribution in [0, 0.1) is 0 Å². The van der Waals surface area contributed by atoms with E-state index in [0.29, 0.717) is 11.0 Å². The zero-order valence-corrected chi connectivity index (χ0v) is 13.9. The molecule has 0 aliphatic rings. The second-order valence-electron chi connectivity index (χ2n) is 6.04. The van der Waals surface area contributed by atoms with Crippen molar-refractivity contribution in [2.45, 2.75) is 0 Å². The van der Waals surface area contributed by atoms with Gasteiger partial charge in [-0.05, 0) is 30.3 Å². The average molecular weight is 342 g/mol. The number of H-pyrrole nitrogens is 1. The van der Waals surface area contributed by atoms with Crippen LogP contribution in [0.1, 0.15) is 0 Å². The summed E-state index contributed by atoms with van der Waals surface area (Å²) in [7, 11) is 1.62. The summed E-state index contributed by atoms with van der Waals surface area (Å²) in [4.78, 5) is 19.9. The van der Waals surface area contributed by atoms with Crippen molar-refractivity contribution in [3.63, 3.8) is 0 Å². The second kappa shape index (κ2) is 5.42. The van der Waals surface area contributed by atoms with E-state index in [9.17, 15) is 4.79 Å². The SMILES string of the molecule is COc1ccc2[nH]c(=O)c3cnc4c(cnn4-c4ccccc4)c3c2c1. The number of hydrogen-bond donors (Lipinski definition) is 1. The number of benzene rings is 2. The molecule has 0 aliphatic carbocycles. The molecule has 0 spiro atoms. The fourth-order valence-corrected chi connectivity index (χ4v) is 3.35. The smallest absolute Gasteiger partial charge is 0.257 e. The van der Waals surface area contributed by atoms with Gasteiger partial charge in [0.1, 0.15) is 5.75 Å². The zero-order valence-electron chi connectivity index (χ0n) is 13.9. The van der Waals surface area contributed by atoms with Gasteiger partial charge in [0, 0.05) is 27.9 Å². The van der Waals surface area contributed by atoms with E-state index < -0.39 is 0 Å². The van der Waals surface area contributed by atoms with Crippen molar-refractivity contribution >= 4 is 32.7 Å². The Labute approximate surface area is 147 Å². The van der Waals surface area contributed by atoms with Crippen LogP contribution >= 0.6 is 0 Å². The molecule has 2 aromatic carbocycles. The summed E-state index contributed by atoms with van der Waals surface area (Å²) in [6.45, 7) is 0. The van der Waals surface area contributed by atoms with Crippen molar-refractivity contribution in [2.24, 2.45) is 0 Å². The molecular formula is C20H14N4O2. The zero-order chi connectivity index (χ0) is 17.7. The third-order valence-corrected chi connectivity index (χ3v) is 4.59. The molecule has 5 aromatic rings. The van der Waals surface area contributed by atoms with Gasteiger partial charge in [-0.25, -0.2) is 9.67 Å². The minimum atomic E-state index is -0.167. The largest absolute Gasteiger partial charge is 0.497 e. The molecule has 0 radical (unpaired) electrons. The Morgan fingerprint density at radius 2 is 1.85 bits per heavy atom. The number of nitrogens with one attached hydrogen (secondary N) is 1. The van der Waals surface area contributed by atoms with Crippen LogP contribution < -0.4 is 10.3 Å². The molecule has 0 aliphatic heterocycles. The van der Waals surface area contributed by atoms with Gasteiger partial charge < -0.3 is 9.72 Å². The lowest BCUT2D eigenvalue weighted by Crippen LogP contribution is -2.07. The first-order valence-corrected chi connectivity index (χ1v) is 8.18. The van der Waals surface area contributed by atoms with Crippen molar-refractivity contribution in [1.82, 2.24) is 19.7 Å². The molecule has 0 bridgehead atoms. The lowest BCUT2D eigenvalue weighted by atomic mass is 10.1. The Bertz CT molecular complexity index is 1340. The van der Waals surface area contributed by atoms with Crippen LogP contribution in [0.25, 0.3) is 38.4 Å². The van der Waals surface area contributed by atoms with E-state index in [1.54, 1.807) is 24.2 Å². The molecule has 1 N–H and O–H groups in total. The van der Waals surface area contributed by atoms with Gasteiger partial charge in [0.25, 0.3) is 5.56 Å². The number of para-hydroxylation sites is 1. The number of hydrogen-bond acceptors (Lipinski definition) is 4. The minimum absolute atomic E-state index is 0.167. The van der Waals surface area contributed by atoms with Crippen molar-refractivity contribution in [3.05, 3.63) is 71.3 Å². The average Bonchev–Trinajstić information content (AvgIpc) is 3.12. The first-order chi connectivity index (χ1) is 12.8. The van der Waals surface area contributed by atoms with Gasteiger partial charge in [-0.1, -0.05) is 18.2 Å². The monoisotopic (exact) mass is 342 g/mol. The van der Waals surface area contributed by atoms with Crippen LogP contribution in [0.3, 0.4) is 0 Å². The van der Waals surface area contributed by atoms with E-state index in [2.05, 4.69) is 15.1 Å². The molecule has 0 unspecified atom stereocenters. The lowest BCUT2D eigenvalue weighted by molar-refractivity contribution is 0.415. The topological polar surface area (TPSA) is 72.8 Å². The predicted octanol–water partition coefficient (Wildman–Crippen LogP) is 3.42. The van der Waals surface area contributed by atoms with E-state index in [0.717, 1.165) is 33.1 Å². The highest BCUT2D eigenvalue weighted by molar-refractivity contribution is 6.17. The van der Waals surface area contributed by atoms with Gasteiger partial charge >= 0.3 is 0 Å². The standard InChI is InChI=1S/C20H14N4O2/c1-26-13-7-8-17-14(9-13)18-15-11-22-24(12-5-3-2-4-6-12)19(15)21-10-16(18)20(25)23-17/h2-11H,1H3,(H,23,25). The number of aromatic nitrogens is 4. The highest BCUT2D eigenvalue weighted by Gasteiger charge is 2.14. The lowest BCUT2D eigenvalue weighted by Gasteiger charge is -2.07. The molecular weight excluding hydrogens is 328 g/mol. The molecule has 0 saturated carbocycles. The van der Waals surface area contributed by atoms with Gasteiger partial charge in [-0.2, -0.15) is 5.10 Å². The Morgan fingerprint density at radius 1 is 1.00 bits per heavy atom. The van der Waals surface area contributed by atoms with E-state index in [-0.39, 0.29) is 5.56 Å². The van der Waals surface area contributed by atoms with Crippen LogP contribution in [0.15, 0.2) is 65.7 Å². The van der Waals surface area contributed by atoms with E-state index in [1.165, 1.54) is 0 Å². The summed E-state index contributed by atoms with van der Waals surface area (Å²) >= 11 is 0. The normalized spacial score (nSPS) is 11.4. The van der Waals surface area contributed by atoms with Gasteiger partial charge in [-0.3, -0.25) is 4.79 Å². The number of aromatic amines is 1. The quantitative estimate of drug-likeness (QED) is 0.499. The third-order valence-electron chi connectivity index (χ3n) is 4.59. The molecule has 3 heterocycles. The molecule has 3 aromatic heterocycles.